The van der Waals surface area contributed by atoms with Gasteiger partial charge in [0, 0.05) is 22.5 Å². The van der Waals surface area contributed by atoms with E-state index in [9.17, 15) is 9.90 Å². The largest absolute Gasteiger partial charge is 0.507 e. The van der Waals surface area contributed by atoms with Gasteiger partial charge in [-0.25, -0.2) is 4.99 Å². The third-order valence-corrected chi connectivity index (χ3v) is 3.59. The van der Waals surface area contributed by atoms with Crippen molar-refractivity contribution in [2.75, 3.05) is 5.32 Å². The lowest BCUT2D eigenvalue weighted by Gasteiger charge is -2.04. The van der Waals surface area contributed by atoms with E-state index in [0.29, 0.717) is 16.3 Å². The fraction of sp³-hybridized carbons (Fsp3) is 0. The molecule has 0 saturated heterocycles. The molecule has 0 radical (unpaired) electrons. The molecule has 0 aliphatic heterocycles. The minimum absolute atomic E-state index is 0.0728. The Kier molecular flexibility index (Phi) is 4.67. The molecule has 0 saturated carbocycles. The molecular formula is C17H14ClN5O2. The summed E-state index contributed by atoms with van der Waals surface area (Å²) in [5.41, 5.74) is 6.71. The molecular weight excluding hydrogens is 342 g/mol. The van der Waals surface area contributed by atoms with Crippen molar-refractivity contribution < 1.29 is 9.90 Å². The van der Waals surface area contributed by atoms with Gasteiger partial charge in [-0.15, -0.1) is 0 Å². The summed E-state index contributed by atoms with van der Waals surface area (Å²) >= 11 is 5.94. The first-order valence-corrected chi connectivity index (χ1v) is 7.65. The molecule has 0 atom stereocenters. The van der Waals surface area contributed by atoms with Crippen molar-refractivity contribution >= 4 is 41.0 Å². The summed E-state index contributed by atoms with van der Waals surface area (Å²) in [6.07, 6.45) is 1.42. The maximum atomic E-state index is 11.8. The van der Waals surface area contributed by atoms with Crippen molar-refractivity contribution in [3.05, 3.63) is 64.7 Å². The lowest BCUT2D eigenvalue weighted by molar-refractivity contribution is 0.100. The van der Waals surface area contributed by atoms with E-state index in [1.807, 2.05) is 0 Å². The SMILES string of the molecule is NC(=O)c1c(Nc2cccc(Cl)c2)n[nH]c1/N=C/c1ccccc1O. The molecule has 0 bridgehead atoms. The van der Waals surface area contributed by atoms with Crippen LogP contribution in [0.15, 0.2) is 53.5 Å². The van der Waals surface area contributed by atoms with Gasteiger partial charge in [-0.1, -0.05) is 29.8 Å². The van der Waals surface area contributed by atoms with Gasteiger partial charge in [0.25, 0.3) is 5.91 Å². The summed E-state index contributed by atoms with van der Waals surface area (Å²) in [5.74, 6) is -0.203. The zero-order valence-corrected chi connectivity index (χ0v) is 13.7. The van der Waals surface area contributed by atoms with Gasteiger partial charge in [0.05, 0.1) is 0 Å². The first-order valence-electron chi connectivity index (χ1n) is 7.27. The zero-order valence-electron chi connectivity index (χ0n) is 12.9. The van der Waals surface area contributed by atoms with Crippen LogP contribution in [0, 0.1) is 0 Å². The smallest absolute Gasteiger partial charge is 0.256 e. The number of aromatic nitrogens is 2. The Balaban J connectivity index is 1.92. The summed E-state index contributed by atoms with van der Waals surface area (Å²) < 4.78 is 0. The van der Waals surface area contributed by atoms with Crippen LogP contribution in [0.3, 0.4) is 0 Å². The van der Waals surface area contributed by atoms with Gasteiger partial charge in [0.2, 0.25) is 0 Å². The van der Waals surface area contributed by atoms with E-state index in [0.717, 1.165) is 0 Å². The predicted octanol–water partition coefficient (Wildman–Crippen LogP) is 3.36. The highest BCUT2D eigenvalue weighted by molar-refractivity contribution is 6.30. The van der Waals surface area contributed by atoms with E-state index in [-0.39, 0.29) is 22.9 Å². The van der Waals surface area contributed by atoms with Crippen molar-refractivity contribution in [1.29, 1.82) is 0 Å². The van der Waals surface area contributed by atoms with Gasteiger partial charge in [-0.2, -0.15) is 5.10 Å². The Labute approximate surface area is 148 Å². The van der Waals surface area contributed by atoms with E-state index >= 15 is 0 Å². The number of halogens is 1. The molecule has 1 aromatic heterocycles. The van der Waals surface area contributed by atoms with Crippen molar-refractivity contribution in [3.8, 4) is 5.75 Å². The molecule has 3 aromatic rings. The number of rotatable bonds is 5. The number of H-pyrrole nitrogens is 1. The molecule has 8 heteroatoms. The lowest BCUT2D eigenvalue weighted by atomic mass is 10.2. The number of primary amides is 1. The summed E-state index contributed by atoms with van der Waals surface area (Å²) in [5, 5.41) is 20.0. The Morgan fingerprint density at radius 2 is 2.08 bits per heavy atom. The van der Waals surface area contributed by atoms with Crippen molar-refractivity contribution in [3.63, 3.8) is 0 Å². The number of phenolic OH excluding ortho intramolecular Hbond substituents is 1. The lowest BCUT2D eigenvalue weighted by Crippen LogP contribution is -2.12. The molecule has 2 aromatic carbocycles. The number of hydrogen-bond acceptors (Lipinski definition) is 5. The highest BCUT2D eigenvalue weighted by atomic mass is 35.5. The van der Waals surface area contributed by atoms with Gasteiger partial charge < -0.3 is 16.2 Å². The van der Waals surface area contributed by atoms with Crippen LogP contribution < -0.4 is 11.1 Å². The predicted molar refractivity (Wildman–Crippen MR) is 97.2 cm³/mol. The van der Waals surface area contributed by atoms with Gasteiger partial charge in [-0.3, -0.25) is 9.89 Å². The molecule has 0 aliphatic rings. The summed E-state index contributed by atoms with van der Waals surface area (Å²) in [6.45, 7) is 0. The van der Waals surface area contributed by atoms with E-state index in [2.05, 4.69) is 20.5 Å². The highest BCUT2D eigenvalue weighted by Gasteiger charge is 2.18. The van der Waals surface area contributed by atoms with Gasteiger partial charge in [0.1, 0.15) is 11.3 Å². The molecule has 5 N–H and O–H groups in total. The number of para-hydroxylation sites is 1. The molecule has 126 valence electrons. The van der Waals surface area contributed by atoms with Crippen LogP contribution in [0.5, 0.6) is 5.75 Å². The van der Waals surface area contributed by atoms with Crippen LogP contribution in [0.2, 0.25) is 5.02 Å². The third-order valence-electron chi connectivity index (χ3n) is 3.35. The standard InChI is InChI=1S/C17H14ClN5O2/c18-11-5-3-6-12(8-11)21-17-14(15(19)25)16(22-23-17)20-9-10-4-1-2-7-13(10)24/h1-9,24H,(H2,19,25)(H2,21,22,23)/b20-9+. The maximum absolute atomic E-state index is 11.8. The second-order valence-corrected chi connectivity index (χ2v) is 5.55. The molecule has 3 rings (SSSR count). The van der Waals surface area contributed by atoms with Crippen molar-refractivity contribution in [1.82, 2.24) is 10.2 Å². The number of nitrogens with one attached hydrogen (secondary N) is 2. The second kappa shape index (κ2) is 7.06. The summed E-state index contributed by atoms with van der Waals surface area (Å²) in [7, 11) is 0. The summed E-state index contributed by atoms with van der Waals surface area (Å²) in [6, 6.07) is 13.6. The molecule has 0 unspecified atom stereocenters. The average molecular weight is 356 g/mol. The van der Waals surface area contributed by atoms with Gasteiger partial charge >= 0.3 is 0 Å². The average Bonchev–Trinajstić information content (AvgIpc) is 2.97. The number of hydrogen-bond donors (Lipinski definition) is 4. The minimum Gasteiger partial charge on any atom is -0.507 e. The minimum atomic E-state index is -0.692. The molecule has 0 fully saturated rings. The second-order valence-electron chi connectivity index (χ2n) is 5.11. The molecule has 0 spiro atoms. The molecule has 7 nitrogen and oxygen atoms in total. The van der Waals surface area contributed by atoms with Gasteiger partial charge in [-0.05, 0) is 30.3 Å². The van der Waals surface area contributed by atoms with E-state index in [1.54, 1.807) is 42.5 Å². The molecule has 25 heavy (non-hydrogen) atoms. The number of aromatic hydroxyl groups is 1. The van der Waals surface area contributed by atoms with Gasteiger partial charge in [0.15, 0.2) is 11.6 Å². The van der Waals surface area contributed by atoms with Crippen LogP contribution in [-0.2, 0) is 0 Å². The number of nitrogens with two attached hydrogens (primary N) is 1. The first-order chi connectivity index (χ1) is 12.0. The Morgan fingerprint density at radius 1 is 1.28 bits per heavy atom. The number of carbonyl (C=O) groups is 1. The highest BCUT2D eigenvalue weighted by Crippen LogP contribution is 2.27. The Morgan fingerprint density at radius 3 is 2.80 bits per heavy atom. The van der Waals surface area contributed by atoms with Crippen LogP contribution in [0.25, 0.3) is 0 Å². The van der Waals surface area contributed by atoms with E-state index in [4.69, 9.17) is 17.3 Å². The van der Waals surface area contributed by atoms with Crippen LogP contribution >= 0.6 is 11.6 Å². The van der Waals surface area contributed by atoms with Crippen LogP contribution in [-0.4, -0.2) is 27.4 Å². The van der Waals surface area contributed by atoms with Crippen LogP contribution in [0.1, 0.15) is 15.9 Å². The number of phenols is 1. The quantitative estimate of drug-likeness (QED) is 0.525. The fourth-order valence-electron chi connectivity index (χ4n) is 2.18. The topological polar surface area (TPSA) is 116 Å². The monoisotopic (exact) mass is 355 g/mol. The first kappa shape index (κ1) is 16.5. The van der Waals surface area contributed by atoms with Crippen molar-refractivity contribution in [2.24, 2.45) is 10.7 Å². The normalized spacial score (nSPS) is 10.9. The summed E-state index contributed by atoms with van der Waals surface area (Å²) in [4.78, 5) is 16.0. The van der Waals surface area contributed by atoms with E-state index in [1.165, 1.54) is 12.3 Å². The van der Waals surface area contributed by atoms with E-state index < -0.39 is 5.91 Å². The fourth-order valence-corrected chi connectivity index (χ4v) is 2.37. The number of aliphatic imine (C=N–C) groups is 1. The number of anilines is 2. The number of carbonyl (C=O) groups excluding carboxylic acids is 1. The van der Waals surface area contributed by atoms with Crippen molar-refractivity contribution in [2.45, 2.75) is 0 Å². The number of amides is 1. The molecule has 0 aliphatic carbocycles. The molecule has 1 heterocycles. The molecule has 1 amide bonds. The number of aromatic amines is 1. The Hall–Kier alpha value is -3.32. The zero-order chi connectivity index (χ0) is 17.8. The number of benzene rings is 2. The third kappa shape index (κ3) is 3.78. The number of nitrogens with zero attached hydrogens (tertiary/aromatic N) is 2. The maximum Gasteiger partial charge on any atom is 0.256 e. The Bertz CT molecular complexity index is 952. The van der Waals surface area contributed by atoms with Crippen LogP contribution in [0.4, 0.5) is 17.3 Å².